The molecule has 0 unspecified atom stereocenters. The van der Waals surface area contributed by atoms with Crippen LogP contribution in [0.2, 0.25) is 0 Å². The minimum absolute atomic E-state index is 0.103. The molecular formula is C21H24F4N6O2. The number of halogens is 4. The molecular weight excluding hydrogens is 444 g/mol. The Morgan fingerprint density at radius 3 is 2.55 bits per heavy atom. The van der Waals surface area contributed by atoms with Gasteiger partial charge in [-0.1, -0.05) is 19.9 Å². The first-order chi connectivity index (χ1) is 15.9. The molecule has 1 fully saturated rings. The summed E-state index contributed by atoms with van der Waals surface area (Å²) in [4.78, 5) is 13.8. The van der Waals surface area contributed by atoms with E-state index in [1.165, 1.54) is 12.1 Å². The number of alkyl halides is 2. The molecule has 3 rings (SSSR count). The molecule has 0 saturated carbocycles. The fraction of sp³-hybridized carbons (Fsp3) is 0.333. The summed E-state index contributed by atoms with van der Waals surface area (Å²) in [6, 6.07) is 3.18. The monoisotopic (exact) mass is 468 g/mol. The number of anilines is 1. The van der Waals surface area contributed by atoms with Gasteiger partial charge < -0.3 is 25.5 Å². The predicted octanol–water partition coefficient (Wildman–Crippen LogP) is 3.94. The van der Waals surface area contributed by atoms with Crippen LogP contribution in [0.15, 0.2) is 35.5 Å². The van der Waals surface area contributed by atoms with Gasteiger partial charge in [0.05, 0.1) is 19.4 Å². The van der Waals surface area contributed by atoms with E-state index < -0.39 is 24.0 Å². The summed E-state index contributed by atoms with van der Waals surface area (Å²) in [6.45, 7) is 2.89. The number of ether oxygens (including phenoxy) is 2. The van der Waals surface area contributed by atoms with E-state index in [-0.39, 0.29) is 28.7 Å². The molecule has 8 nitrogen and oxygen atoms in total. The summed E-state index contributed by atoms with van der Waals surface area (Å²) in [5.74, 6) is -2.73. The van der Waals surface area contributed by atoms with E-state index in [4.69, 9.17) is 15.9 Å². The average Bonchev–Trinajstić information content (AvgIpc) is 2.82. The topological polar surface area (TPSA) is 110 Å². The molecule has 0 amide bonds. The van der Waals surface area contributed by atoms with E-state index in [1.807, 2.05) is 18.7 Å². The molecule has 0 atom stereocenters. The SMILES string of the molecule is CC.N=C/C(=C\C(N)=Nc1nc(N2CCOCC2)ncc1F)c1ccc(OC(F)F)c(F)c1. The molecule has 1 aromatic heterocycles. The molecule has 12 heteroatoms. The first kappa shape index (κ1) is 25.7. The van der Waals surface area contributed by atoms with Gasteiger partial charge in [-0.2, -0.15) is 13.8 Å². The van der Waals surface area contributed by atoms with Gasteiger partial charge in [0.25, 0.3) is 0 Å². The number of aliphatic imine (C=N–C) groups is 1. The van der Waals surface area contributed by atoms with Gasteiger partial charge in [0.2, 0.25) is 5.95 Å². The van der Waals surface area contributed by atoms with Crippen molar-refractivity contribution in [2.24, 2.45) is 10.7 Å². The van der Waals surface area contributed by atoms with Gasteiger partial charge in [-0.05, 0) is 23.8 Å². The van der Waals surface area contributed by atoms with Crippen LogP contribution in [0.4, 0.5) is 29.3 Å². The number of rotatable bonds is 7. The molecule has 2 aromatic rings. The summed E-state index contributed by atoms with van der Waals surface area (Å²) < 4.78 is 61.9. The molecule has 3 N–H and O–H groups in total. The summed E-state index contributed by atoms with van der Waals surface area (Å²) in [7, 11) is 0. The molecule has 0 radical (unpaired) electrons. The zero-order valence-electron chi connectivity index (χ0n) is 18.1. The molecule has 1 aliphatic heterocycles. The molecule has 33 heavy (non-hydrogen) atoms. The average molecular weight is 468 g/mol. The lowest BCUT2D eigenvalue weighted by Gasteiger charge is -2.26. The van der Waals surface area contributed by atoms with Gasteiger partial charge in [-0.25, -0.2) is 18.8 Å². The van der Waals surface area contributed by atoms with Crippen LogP contribution in [0.3, 0.4) is 0 Å². The smallest absolute Gasteiger partial charge is 0.387 e. The molecule has 1 aromatic carbocycles. The fourth-order valence-corrected chi connectivity index (χ4v) is 2.74. The fourth-order valence-electron chi connectivity index (χ4n) is 2.74. The minimum atomic E-state index is -3.18. The van der Waals surface area contributed by atoms with Crippen molar-refractivity contribution >= 4 is 29.4 Å². The van der Waals surface area contributed by atoms with Gasteiger partial charge in [-0.3, -0.25) is 0 Å². The number of hydrogen-bond acceptors (Lipinski definition) is 7. The highest BCUT2D eigenvalue weighted by Crippen LogP contribution is 2.24. The lowest BCUT2D eigenvalue weighted by Crippen LogP contribution is -2.37. The van der Waals surface area contributed by atoms with E-state index >= 15 is 0 Å². The first-order valence-corrected chi connectivity index (χ1v) is 10.0. The van der Waals surface area contributed by atoms with Crippen molar-refractivity contribution < 1.29 is 27.0 Å². The minimum Gasteiger partial charge on any atom is -0.432 e. The Balaban J connectivity index is 0.00000187. The maximum absolute atomic E-state index is 14.1. The number of nitrogens with two attached hydrogens (primary N) is 1. The van der Waals surface area contributed by atoms with Crippen LogP contribution in [0, 0.1) is 17.0 Å². The van der Waals surface area contributed by atoms with Crippen molar-refractivity contribution in [3.8, 4) is 5.75 Å². The van der Waals surface area contributed by atoms with Crippen molar-refractivity contribution in [1.29, 1.82) is 5.41 Å². The Kier molecular flexibility index (Phi) is 9.73. The number of morpholine rings is 1. The van der Waals surface area contributed by atoms with Crippen molar-refractivity contribution in [1.82, 2.24) is 9.97 Å². The molecule has 2 heterocycles. The molecule has 0 spiro atoms. The highest BCUT2D eigenvalue weighted by atomic mass is 19.3. The van der Waals surface area contributed by atoms with Gasteiger partial charge >= 0.3 is 6.61 Å². The Bertz CT molecular complexity index is 1010. The Morgan fingerprint density at radius 2 is 1.94 bits per heavy atom. The van der Waals surface area contributed by atoms with Crippen LogP contribution < -0.4 is 15.4 Å². The van der Waals surface area contributed by atoms with Crippen LogP contribution in [-0.2, 0) is 4.74 Å². The van der Waals surface area contributed by atoms with Crippen LogP contribution in [0.5, 0.6) is 5.75 Å². The Morgan fingerprint density at radius 1 is 1.24 bits per heavy atom. The Hall–Kier alpha value is -3.54. The molecule has 178 valence electrons. The second-order valence-corrected chi connectivity index (χ2v) is 6.25. The standard InChI is InChI=1S/C19H18F4N6O2.C2H6/c20-13-7-11(1-2-15(13)31-18(22)23)12(9-24)8-16(25)27-17-14(21)10-26-19(28-17)29-3-5-30-6-4-29;1-2/h1-2,7-10,18,24H,3-6H2,(H2,25,26,27,28);1-2H3/b12-8+,24-9?;. The maximum atomic E-state index is 14.1. The van der Waals surface area contributed by atoms with Gasteiger partial charge in [-0.15, -0.1) is 0 Å². The van der Waals surface area contributed by atoms with E-state index in [0.29, 0.717) is 26.3 Å². The number of allylic oxidation sites excluding steroid dienone is 1. The lowest BCUT2D eigenvalue weighted by molar-refractivity contribution is -0.0521. The number of hydrogen-bond donors (Lipinski definition) is 2. The van der Waals surface area contributed by atoms with Crippen molar-refractivity contribution in [3.05, 3.63) is 47.7 Å². The van der Waals surface area contributed by atoms with E-state index in [1.54, 1.807) is 0 Å². The third kappa shape index (κ3) is 7.24. The largest absolute Gasteiger partial charge is 0.432 e. The van der Waals surface area contributed by atoms with Crippen molar-refractivity contribution in [2.75, 3.05) is 31.2 Å². The van der Waals surface area contributed by atoms with Crippen molar-refractivity contribution in [3.63, 3.8) is 0 Å². The van der Waals surface area contributed by atoms with Gasteiger partial charge in [0.1, 0.15) is 5.84 Å². The molecule has 0 bridgehead atoms. The second kappa shape index (κ2) is 12.5. The number of benzene rings is 1. The van der Waals surface area contributed by atoms with Crippen LogP contribution in [0.25, 0.3) is 5.57 Å². The quantitative estimate of drug-likeness (QED) is 0.362. The van der Waals surface area contributed by atoms with E-state index in [2.05, 4.69) is 19.7 Å². The van der Waals surface area contributed by atoms with Gasteiger partial charge in [0, 0.05) is 24.9 Å². The zero-order valence-corrected chi connectivity index (χ0v) is 18.1. The summed E-state index contributed by atoms with van der Waals surface area (Å²) in [5.41, 5.74) is 6.10. The zero-order chi connectivity index (χ0) is 24.4. The third-order valence-electron chi connectivity index (χ3n) is 4.18. The number of amidine groups is 1. The Labute approximate surface area is 188 Å². The molecule has 1 aliphatic rings. The maximum Gasteiger partial charge on any atom is 0.387 e. The van der Waals surface area contributed by atoms with Crippen molar-refractivity contribution in [2.45, 2.75) is 20.5 Å². The lowest BCUT2D eigenvalue weighted by atomic mass is 10.1. The van der Waals surface area contributed by atoms with Crippen LogP contribution in [0.1, 0.15) is 19.4 Å². The van der Waals surface area contributed by atoms with Crippen LogP contribution >= 0.6 is 0 Å². The summed E-state index contributed by atoms with van der Waals surface area (Å²) in [6.07, 6.45) is 3.04. The number of nitrogens with zero attached hydrogens (tertiary/aromatic N) is 4. The summed E-state index contributed by atoms with van der Waals surface area (Å²) in [5, 5.41) is 7.52. The summed E-state index contributed by atoms with van der Waals surface area (Å²) >= 11 is 0. The molecule has 0 aliphatic carbocycles. The predicted molar refractivity (Wildman–Crippen MR) is 117 cm³/mol. The van der Waals surface area contributed by atoms with E-state index in [0.717, 1.165) is 24.5 Å². The number of nitrogens with one attached hydrogen (secondary N) is 1. The van der Waals surface area contributed by atoms with E-state index in [9.17, 15) is 17.6 Å². The van der Waals surface area contributed by atoms with Gasteiger partial charge in [0.15, 0.2) is 23.2 Å². The second-order valence-electron chi connectivity index (χ2n) is 6.25. The highest BCUT2D eigenvalue weighted by molar-refractivity contribution is 6.15. The van der Waals surface area contributed by atoms with Crippen LogP contribution in [-0.4, -0.2) is 54.9 Å². The number of aromatic nitrogens is 2. The third-order valence-corrected chi connectivity index (χ3v) is 4.18. The first-order valence-electron chi connectivity index (χ1n) is 10.0. The highest BCUT2D eigenvalue weighted by Gasteiger charge is 2.16. The molecule has 1 saturated heterocycles. The normalized spacial score (nSPS) is 14.6.